The number of anilines is 1. The van der Waals surface area contributed by atoms with Gasteiger partial charge in [-0.25, -0.2) is 0 Å². The second kappa shape index (κ2) is 6.91. The number of hydrogen-bond acceptors (Lipinski definition) is 6. The molecule has 2 heterocycles. The molecule has 1 aliphatic carbocycles. The maximum Gasteiger partial charge on any atom is 0.229 e. The molecule has 2 aliphatic rings. The van der Waals surface area contributed by atoms with Gasteiger partial charge in [0.2, 0.25) is 5.89 Å². The first-order chi connectivity index (χ1) is 11.8. The van der Waals surface area contributed by atoms with Gasteiger partial charge in [-0.2, -0.15) is 4.98 Å². The number of para-hydroxylation sites is 1. The minimum absolute atomic E-state index is 0.513. The molecule has 1 saturated heterocycles. The van der Waals surface area contributed by atoms with E-state index in [0.717, 1.165) is 44.6 Å². The summed E-state index contributed by atoms with van der Waals surface area (Å²) in [7, 11) is 2.10. The average Bonchev–Trinajstić information content (AvgIpc) is 3.36. The quantitative estimate of drug-likeness (QED) is 0.812. The predicted octanol–water partition coefficient (Wildman–Crippen LogP) is 2.42. The fourth-order valence-electron chi connectivity index (χ4n) is 3.17. The Morgan fingerprint density at radius 3 is 2.75 bits per heavy atom. The van der Waals surface area contributed by atoms with Crippen LogP contribution in [0.15, 0.2) is 28.8 Å². The number of rotatable bonds is 6. The van der Waals surface area contributed by atoms with E-state index in [0.29, 0.717) is 12.5 Å². The molecule has 0 unspecified atom stereocenters. The Kier molecular flexibility index (Phi) is 4.49. The summed E-state index contributed by atoms with van der Waals surface area (Å²) in [6, 6.07) is 8.61. The van der Waals surface area contributed by atoms with Crippen molar-refractivity contribution < 1.29 is 9.26 Å². The Bertz CT molecular complexity index is 677. The molecule has 0 amide bonds. The number of benzene rings is 1. The highest BCUT2D eigenvalue weighted by atomic mass is 16.5. The van der Waals surface area contributed by atoms with Gasteiger partial charge in [0.1, 0.15) is 0 Å². The van der Waals surface area contributed by atoms with Crippen LogP contribution in [0, 0.1) is 0 Å². The van der Waals surface area contributed by atoms with Crippen LogP contribution < -0.4 is 4.90 Å². The zero-order valence-electron chi connectivity index (χ0n) is 14.1. The molecule has 0 radical (unpaired) electrons. The molecule has 0 N–H and O–H groups in total. The van der Waals surface area contributed by atoms with Gasteiger partial charge in [-0.3, -0.25) is 4.90 Å². The van der Waals surface area contributed by atoms with E-state index < -0.39 is 0 Å². The maximum absolute atomic E-state index is 5.47. The lowest BCUT2D eigenvalue weighted by Gasteiger charge is -2.31. The SMILES string of the molecule is CN(Cc1noc(C2CC2)n1)Cc1ccccc1N1CCOCC1. The van der Waals surface area contributed by atoms with E-state index in [9.17, 15) is 0 Å². The number of nitrogens with zero attached hydrogens (tertiary/aromatic N) is 4. The molecule has 6 nitrogen and oxygen atoms in total. The van der Waals surface area contributed by atoms with Crippen LogP contribution in [0.2, 0.25) is 0 Å². The normalized spacial score (nSPS) is 18.3. The summed E-state index contributed by atoms with van der Waals surface area (Å²) in [6.45, 7) is 5.08. The summed E-state index contributed by atoms with van der Waals surface area (Å²) in [5.74, 6) is 2.11. The molecule has 1 aromatic heterocycles. The zero-order chi connectivity index (χ0) is 16.4. The highest BCUT2D eigenvalue weighted by Crippen LogP contribution is 2.38. The highest BCUT2D eigenvalue weighted by molar-refractivity contribution is 5.53. The van der Waals surface area contributed by atoms with E-state index in [1.807, 2.05) is 0 Å². The smallest absolute Gasteiger partial charge is 0.229 e. The van der Waals surface area contributed by atoms with Gasteiger partial charge in [-0.05, 0) is 31.5 Å². The average molecular weight is 328 g/mol. The van der Waals surface area contributed by atoms with Crippen molar-refractivity contribution >= 4 is 5.69 Å². The van der Waals surface area contributed by atoms with E-state index in [1.54, 1.807) is 0 Å². The molecule has 128 valence electrons. The van der Waals surface area contributed by atoms with Crippen molar-refractivity contribution in [2.45, 2.75) is 31.8 Å². The molecule has 2 aromatic rings. The van der Waals surface area contributed by atoms with Crippen molar-refractivity contribution in [1.29, 1.82) is 0 Å². The molecule has 0 bridgehead atoms. The van der Waals surface area contributed by atoms with Crippen LogP contribution in [0.4, 0.5) is 5.69 Å². The van der Waals surface area contributed by atoms with Crippen LogP contribution in [-0.2, 0) is 17.8 Å². The van der Waals surface area contributed by atoms with Crippen LogP contribution in [0.5, 0.6) is 0 Å². The van der Waals surface area contributed by atoms with Gasteiger partial charge in [0.05, 0.1) is 19.8 Å². The Hall–Kier alpha value is -1.92. The van der Waals surface area contributed by atoms with Crippen molar-refractivity contribution in [3.8, 4) is 0 Å². The van der Waals surface area contributed by atoms with Crippen molar-refractivity contribution in [3.05, 3.63) is 41.5 Å². The largest absolute Gasteiger partial charge is 0.378 e. The van der Waals surface area contributed by atoms with Gasteiger partial charge < -0.3 is 14.2 Å². The summed E-state index contributed by atoms with van der Waals surface area (Å²) in [4.78, 5) is 9.17. The summed E-state index contributed by atoms with van der Waals surface area (Å²) in [5.41, 5.74) is 2.63. The lowest BCUT2D eigenvalue weighted by atomic mass is 10.1. The fraction of sp³-hybridized carbons (Fsp3) is 0.556. The maximum atomic E-state index is 5.47. The Balaban J connectivity index is 1.41. The van der Waals surface area contributed by atoms with Gasteiger partial charge in [0, 0.05) is 31.2 Å². The second-order valence-corrected chi connectivity index (χ2v) is 6.72. The van der Waals surface area contributed by atoms with Gasteiger partial charge in [-0.1, -0.05) is 23.4 Å². The molecular weight excluding hydrogens is 304 g/mol. The topological polar surface area (TPSA) is 54.6 Å². The van der Waals surface area contributed by atoms with Crippen molar-refractivity contribution in [1.82, 2.24) is 15.0 Å². The first kappa shape index (κ1) is 15.6. The Morgan fingerprint density at radius 2 is 1.96 bits per heavy atom. The fourth-order valence-corrected chi connectivity index (χ4v) is 3.17. The predicted molar refractivity (Wildman–Crippen MR) is 90.9 cm³/mol. The second-order valence-electron chi connectivity index (χ2n) is 6.72. The summed E-state index contributed by atoms with van der Waals surface area (Å²) >= 11 is 0. The number of aromatic nitrogens is 2. The summed E-state index contributed by atoms with van der Waals surface area (Å²) < 4.78 is 10.8. The third-order valence-electron chi connectivity index (χ3n) is 4.61. The molecule has 4 rings (SSSR count). The lowest BCUT2D eigenvalue weighted by molar-refractivity contribution is 0.122. The van der Waals surface area contributed by atoms with Crippen LogP contribution in [0.3, 0.4) is 0 Å². The van der Waals surface area contributed by atoms with Crippen LogP contribution in [0.25, 0.3) is 0 Å². The number of morpholine rings is 1. The van der Waals surface area contributed by atoms with E-state index in [4.69, 9.17) is 9.26 Å². The third-order valence-corrected chi connectivity index (χ3v) is 4.61. The Morgan fingerprint density at radius 1 is 1.17 bits per heavy atom. The summed E-state index contributed by atoms with van der Waals surface area (Å²) in [5, 5.41) is 4.12. The van der Waals surface area contributed by atoms with Gasteiger partial charge in [-0.15, -0.1) is 0 Å². The lowest BCUT2D eigenvalue weighted by Crippen LogP contribution is -2.37. The van der Waals surface area contributed by atoms with Gasteiger partial charge in [0.15, 0.2) is 5.82 Å². The molecule has 6 heteroatoms. The standard InChI is InChI=1S/C18H24N4O2/c1-21(13-17-19-18(24-20-17)14-6-7-14)12-15-4-2-3-5-16(15)22-8-10-23-11-9-22/h2-5,14H,6-13H2,1H3. The first-order valence-corrected chi connectivity index (χ1v) is 8.71. The molecule has 1 aromatic carbocycles. The van der Waals surface area contributed by atoms with E-state index >= 15 is 0 Å². The highest BCUT2D eigenvalue weighted by Gasteiger charge is 2.29. The van der Waals surface area contributed by atoms with E-state index in [2.05, 4.69) is 51.3 Å². The van der Waals surface area contributed by atoms with Crippen molar-refractivity contribution in [3.63, 3.8) is 0 Å². The molecule has 1 saturated carbocycles. The monoisotopic (exact) mass is 328 g/mol. The van der Waals surface area contributed by atoms with Crippen LogP contribution in [0.1, 0.15) is 36.0 Å². The molecular formula is C18H24N4O2. The van der Waals surface area contributed by atoms with Crippen LogP contribution >= 0.6 is 0 Å². The number of hydrogen-bond donors (Lipinski definition) is 0. The minimum Gasteiger partial charge on any atom is -0.378 e. The van der Waals surface area contributed by atoms with Gasteiger partial charge >= 0.3 is 0 Å². The third kappa shape index (κ3) is 3.60. The van der Waals surface area contributed by atoms with Crippen molar-refractivity contribution in [2.75, 3.05) is 38.3 Å². The van der Waals surface area contributed by atoms with Crippen molar-refractivity contribution in [2.24, 2.45) is 0 Å². The molecule has 24 heavy (non-hydrogen) atoms. The molecule has 1 aliphatic heterocycles. The van der Waals surface area contributed by atoms with E-state index in [1.165, 1.54) is 24.1 Å². The molecule has 0 spiro atoms. The van der Waals surface area contributed by atoms with E-state index in [-0.39, 0.29) is 0 Å². The molecule has 2 fully saturated rings. The van der Waals surface area contributed by atoms with Gasteiger partial charge in [0.25, 0.3) is 0 Å². The molecule has 0 atom stereocenters. The first-order valence-electron chi connectivity index (χ1n) is 8.71. The summed E-state index contributed by atoms with van der Waals surface area (Å²) in [6.07, 6.45) is 2.37. The minimum atomic E-state index is 0.513. The zero-order valence-corrected chi connectivity index (χ0v) is 14.1. The number of ether oxygens (including phenoxy) is 1. The van der Waals surface area contributed by atoms with Crippen LogP contribution in [-0.4, -0.2) is 48.4 Å². The Labute approximate surface area is 142 Å².